The topological polar surface area (TPSA) is 20.2 Å². The Hall–Kier alpha value is -1.75. The van der Waals surface area contributed by atoms with Crippen LogP contribution in [-0.4, -0.2) is 11.2 Å². The van der Waals surface area contributed by atoms with E-state index in [-0.39, 0.29) is 5.92 Å². The molecule has 0 amide bonds. The Kier molecular flexibility index (Phi) is 4.84. The van der Waals surface area contributed by atoms with Crippen LogP contribution >= 0.6 is 11.6 Å². The van der Waals surface area contributed by atoms with Gasteiger partial charge in [-0.25, -0.2) is 0 Å². The van der Waals surface area contributed by atoms with E-state index in [0.717, 1.165) is 21.7 Å². The highest BCUT2D eigenvalue weighted by Gasteiger charge is 2.03. The third-order valence-electron chi connectivity index (χ3n) is 3.04. The van der Waals surface area contributed by atoms with E-state index in [0.29, 0.717) is 0 Å². The van der Waals surface area contributed by atoms with Gasteiger partial charge in [0, 0.05) is 10.6 Å². The van der Waals surface area contributed by atoms with Crippen LogP contribution in [0.2, 0.25) is 5.02 Å². The molecule has 1 unspecified atom stereocenters. The molecule has 0 fully saturated rings. The summed E-state index contributed by atoms with van der Waals surface area (Å²) in [5.41, 5.74) is 3.08. The normalized spacial score (nSPS) is 11.8. The molecule has 0 aliphatic rings. The number of hydrogen-bond acceptors (Lipinski definition) is 1. The van der Waals surface area contributed by atoms with Gasteiger partial charge in [-0.2, -0.15) is 0 Å². The van der Waals surface area contributed by atoms with Gasteiger partial charge in [0.15, 0.2) is 0 Å². The Bertz CT molecular complexity index is 632. The minimum atomic E-state index is -0.581. The van der Waals surface area contributed by atoms with E-state index in [1.807, 2.05) is 62.4 Å². The van der Waals surface area contributed by atoms with Crippen molar-refractivity contribution < 1.29 is 5.11 Å². The Balaban J connectivity index is 2.18. The quantitative estimate of drug-likeness (QED) is 0.812. The lowest BCUT2D eigenvalue weighted by atomic mass is 10.0. The minimum Gasteiger partial charge on any atom is -0.380 e. The smallest absolute Gasteiger partial charge is 0.117 e. The SMILES string of the molecule is CC(C)C(O)C#Cc1ccc(-c2cccc(Cl)c2)cc1. The zero-order valence-electron chi connectivity index (χ0n) is 11.6. The molecule has 0 saturated heterocycles. The van der Waals surface area contributed by atoms with Crippen molar-refractivity contribution in [1.29, 1.82) is 0 Å². The van der Waals surface area contributed by atoms with Crippen molar-refractivity contribution in [2.75, 3.05) is 0 Å². The van der Waals surface area contributed by atoms with E-state index >= 15 is 0 Å². The van der Waals surface area contributed by atoms with Gasteiger partial charge < -0.3 is 5.11 Å². The fourth-order valence-electron chi connectivity index (χ4n) is 1.74. The fraction of sp³-hybridized carbons (Fsp3) is 0.222. The van der Waals surface area contributed by atoms with Crippen LogP contribution in [-0.2, 0) is 0 Å². The molecule has 0 bridgehead atoms. The van der Waals surface area contributed by atoms with Gasteiger partial charge in [-0.1, -0.05) is 61.6 Å². The van der Waals surface area contributed by atoms with E-state index in [1.165, 1.54) is 0 Å². The lowest BCUT2D eigenvalue weighted by Gasteiger charge is -2.05. The van der Waals surface area contributed by atoms with E-state index in [1.54, 1.807) is 0 Å². The first-order valence-corrected chi connectivity index (χ1v) is 6.99. The molecular formula is C18H17ClO. The summed E-state index contributed by atoms with van der Waals surface area (Å²) >= 11 is 5.99. The summed E-state index contributed by atoms with van der Waals surface area (Å²) < 4.78 is 0. The van der Waals surface area contributed by atoms with Gasteiger partial charge in [0.25, 0.3) is 0 Å². The van der Waals surface area contributed by atoms with Gasteiger partial charge in [-0.05, 0) is 41.3 Å². The molecule has 102 valence electrons. The monoisotopic (exact) mass is 284 g/mol. The van der Waals surface area contributed by atoms with Crippen molar-refractivity contribution in [3.05, 3.63) is 59.1 Å². The molecule has 1 N–H and O–H groups in total. The van der Waals surface area contributed by atoms with Crippen LogP contribution in [0.5, 0.6) is 0 Å². The van der Waals surface area contributed by atoms with Crippen LogP contribution in [0.1, 0.15) is 19.4 Å². The van der Waals surface area contributed by atoms with Gasteiger partial charge in [-0.3, -0.25) is 0 Å². The molecule has 0 aliphatic heterocycles. The van der Waals surface area contributed by atoms with E-state index in [9.17, 15) is 5.11 Å². The maximum absolute atomic E-state index is 9.66. The lowest BCUT2D eigenvalue weighted by molar-refractivity contribution is 0.181. The van der Waals surface area contributed by atoms with Crippen LogP contribution in [0, 0.1) is 17.8 Å². The van der Waals surface area contributed by atoms with Gasteiger partial charge in [0.05, 0.1) is 0 Å². The van der Waals surface area contributed by atoms with E-state index < -0.39 is 6.10 Å². The first-order valence-electron chi connectivity index (χ1n) is 6.62. The Morgan fingerprint density at radius 2 is 1.70 bits per heavy atom. The van der Waals surface area contributed by atoms with Gasteiger partial charge in [0.2, 0.25) is 0 Å². The summed E-state index contributed by atoms with van der Waals surface area (Å²) in [4.78, 5) is 0. The molecule has 2 heteroatoms. The summed E-state index contributed by atoms with van der Waals surface area (Å²) in [5, 5.41) is 10.4. The standard InChI is InChI=1S/C18H17ClO/c1-13(2)18(20)11-8-14-6-9-15(10-7-14)16-4-3-5-17(19)12-16/h3-7,9-10,12-13,18,20H,1-2H3. The molecule has 0 aromatic heterocycles. The number of benzene rings is 2. The van der Waals surface area contributed by atoms with Crippen LogP contribution in [0.3, 0.4) is 0 Å². The summed E-state index contributed by atoms with van der Waals surface area (Å²) in [6, 6.07) is 15.7. The summed E-state index contributed by atoms with van der Waals surface area (Å²) in [5.74, 6) is 5.99. The molecule has 2 rings (SSSR count). The first-order chi connectivity index (χ1) is 9.56. The van der Waals surface area contributed by atoms with Crippen molar-refractivity contribution in [3.63, 3.8) is 0 Å². The largest absolute Gasteiger partial charge is 0.380 e. The Labute approximate surface area is 125 Å². The van der Waals surface area contributed by atoms with Crippen molar-refractivity contribution in [1.82, 2.24) is 0 Å². The highest BCUT2D eigenvalue weighted by Crippen LogP contribution is 2.22. The number of hydrogen-bond donors (Lipinski definition) is 1. The molecule has 1 nitrogen and oxygen atoms in total. The molecular weight excluding hydrogens is 268 g/mol. The maximum atomic E-state index is 9.66. The zero-order chi connectivity index (χ0) is 14.5. The van der Waals surface area contributed by atoms with Gasteiger partial charge in [0.1, 0.15) is 6.10 Å². The molecule has 20 heavy (non-hydrogen) atoms. The van der Waals surface area contributed by atoms with Crippen molar-refractivity contribution in [3.8, 4) is 23.0 Å². The molecule has 0 heterocycles. The second-order valence-electron chi connectivity index (χ2n) is 5.05. The average molecular weight is 285 g/mol. The Morgan fingerprint density at radius 3 is 2.30 bits per heavy atom. The third kappa shape index (κ3) is 3.87. The Morgan fingerprint density at radius 1 is 1.00 bits per heavy atom. The van der Waals surface area contributed by atoms with Crippen LogP contribution < -0.4 is 0 Å². The molecule has 1 atom stereocenters. The maximum Gasteiger partial charge on any atom is 0.117 e. The van der Waals surface area contributed by atoms with Crippen molar-refractivity contribution in [2.24, 2.45) is 5.92 Å². The first kappa shape index (κ1) is 14.7. The predicted molar refractivity (Wildman–Crippen MR) is 84.6 cm³/mol. The minimum absolute atomic E-state index is 0.147. The second kappa shape index (κ2) is 6.61. The fourth-order valence-corrected chi connectivity index (χ4v) is 1.93. The summed E-state index contributed by atoms with van der Waals surface area (Å²) in [7, 11) is 0. The van der Waals surface area contributed by atoms with Crippen molar-refractivity contribution >= 4 is 11.6 Å². The van der Waals surface area contributed by atoms with Crippen molar-refractivity contribution in [2.45, 2.75) is 20.0 Å². The number of halogens is 1. The number of rotatable bonds is 2. The lowest BCUT2D eigenvalue weighted by Crippen LogP contribution is -2.11. The van der Waals surface area contributed by atoms with E-state index in [4.69, 9.17) is 11.6 Å². The number of aliphatic hydroxyl groups excluding tert-OH is 1. The molecule has 2 aromatic carbocycles. The highest BCUT2D eigenvalue weighted by atomic mass is 35.5. The van der Waals surface area contributed by atoms with E-state index in [2.05, 4.69) is 11.8 Å². The molecule has 0 saturated carbocycles. The predicted octanol–water partition coefficient (Wildman–Crippen LogP) is 4.38. The summed E-state index contributed by atoms with van der Waals surface area (Å²) in [6.07, 6.45) is -0.581. The van der Waals surface area contributed by atoms with Gasteiger partial charge in [-0.15, -0.1) is 0 Å². The third-order valence-corrected chi connectivity index (χ3v) is 3.27. The zero-order valence-corrected chi connectivity index (χ0v) is 12.4. The van der Waals surface area contributed by atoms with Crippen LogP contribution in [0.4, 0.5) is 0 Å². The van der Waals surface area contributed by atoms with Gasteiger partial charge >= 0.3 is 0 Å². The second-order valence-corrected chi connectivity index (χ2v) is 5.48. The average Bonchev–Trinajstić information content (AvgIpc) is 2.45. The number of aliphatic hydroxyl groups is 1. The molecule has 2 aromatic rings. The molecule has 0 radical (unpaired) electrons. The molecule has 0 aliphatic carbocycles. The highest BCUT2D eigenvalue weighted by molar-refractivity contribution is 6.30. The van der Waals surface area contributed by atoms with Crippen LogP contribution in [0.25, 0.3) is 11.1 Å². The van der Waals surface area contributed by atoms with Crippen LogP contribution in [0.15, 0.2) is 48.5 Å². The molecule has 0 spiro atoms. The summed E-state index contributed by atoms with van der Waals surface area (Å²) in [6.45, 7) is 3.89.